The van der Waals surface area contributed by atoms with E-state index in [4.69, 9.17) is 0 Å². The Morgan fingerprint density at radius 1 is 0.923 bits per heavy atom. The number of piperidine rings is 1. The summed E-state index contributed by atoms with van der Waals surface area (Å²) < 4.78 is 13.5. The fraction of sp³-hybridized carbons (Fsp3) is 0.344. The van der Waals surface area contributed by atoms with Gasteiger partial charge in [-0.05, 0) is 87.5 Å². The molecule has 0 aliphatic carbocycles. The molecule has 1 N–H and O–H groups in total. The Morgan fingerprint density at radius 2 is 1.51 bits per heavy atom. The Kier molecular flexibility index (Phi) is 7.49. The van der Waals surface area contributed by atoms with E-state index in [9.17, 15) is 19.2 Å². The van der Waals surface area contributed by atoms with Crippen molar-refractivity contribution in [2.24, 2.45) is 0 Å². The van der Waals surface area contributed by atoms with Crippen molar-refractivity contribution in [3.05, 3.63) is 106 Å². The second-order valence-electron chi connectivity index (χ2n) is 10.7. The number of aryl methyl sites for hydroxylation is 2. The van der Waals surface area contributed by atoms with Gasteiger partial charge in [0.2, 0.25) is 0 Å². The van der Waals surface area contributed by atoms with Gasteiger partial charge in [-0.25, -0.2) is 9.18 Å². The number of imide groups is 1. The first-order chi connectivity index (χ1) is 18.8. The summed E-state index contributed by atoms with van der Waals surface area (Å²) in [5, 5.41) is 12.4. The van der Waals surface area contributed by atoms with Gasteiger partial charge < -0.3 is 10.2 Å². The van der Waals surface area contributed by atoms with Crippen molar-refractivity contribution in [3.63, 3.8) is 0 Å². The number of hydrogen-bond donors (Lipinski definition) is 1. The predicted octanol–water partition coefficient (Wildman–Crippen LogP) is 5.38. The molecule has 2 aliphatic rings. The summed E-state index contributed by atoms with van der Waals surface area (Å²) in [6.07, 6.45) is 2.43. The Bertz CT molecular complexity index is 1360. The van der Waals surface area contributed by atoms with Crippen LogP contribution in [0, 0.1) is 31.0 Å². The third-order valence-corrected chi connectivity index (χ3v) is 8.09. The number of amides is 3. The van der Waals surface area contributed by atoms with Crippen molar-refractivity contribution in [1.82, 2.24) is 15.1 Å². The molecule has 0 unspecified atom stereocenters. The lowest BCUT2D eigenvalue weighted by atomic mass is 9.82. The van der Waals surface area contributed by atoms with E-state index in [1.807, 2.05) is 62.4 Å². The van der Waals surface area contributed by atoms with Gasteiger partial charge in [-0.1, -0.05) is 65.7 Å². The van der Waals surface area contributed by atoms with Gasteiger partial charge in [-0.15, -0.1) is 0 Å². The molecule has 0 atom stereocenters. The summed E-state index contributed by atoms with van der Waals surface area (Å²) in [5.41, 5.74) is 3.75. The second-order valence-corrected chi connectivity index (χ2v) is 10.7. The molecule has 0 aromatic heterocycles. The zero-order valence-corrected chi connectivity index (χ0v) is 22.4. The maximum atomic E-state index is 14.0. The smallest absolute Gasteiger partial charge is 0.315 e. The molecule has 3 aromatic carbocycles. The molecule has 0 radical (unpaired) electrons. The van der Waals surface area contributed by atoms with Crippen molar-refractivity contribution in [3.8, 4) is 6.07 Å². The van der Waals surface area contributed by atoms with Gasteiger partial charge in [0.05, 0.1) is 11.6 Å². The Labute approximate surface area is 229 Å². The molecule has 2 saturated heterocycles. The molecule has 5 rings (SSSR count). The van der Waals surface area contributed by atoms with E-state index in [0.717, 1.165) is 60.3 Å². The van der Waals surface area contributed by atoms with Crippen molar-refractivity contribution >= 4 is 11.9 Å². The zero-order valence-electron chi connectivity index (χ0n) is 22.4. The molecule has 0 saturated carbocycles. The number of nitrogens with zero attached hydrogens (tertiary/aromatic N) is 3. The summed E-state index contributed by atoms with van der Waals surface area (Å²) in [6.45, 7) is 6.79. The van der Waals surface area contributed by atoms with Gasteiger partial charge in [0.25, 0.3) is 5.91 Å². The molecule has 6 nitrogen and oxygen atoms in total. The topological polar surface area (TPSA) is 76.4 Å². The summed E-state index contributed by atoms with van der Waals surface area (Å²) in [6, 6.07) is 21.7. The number of hydrogen-bond acceptors (Lipinski definition) is 4. The Morgan fingerprint density at radius 3 is 2.08 bits per heavy atom. The van der Waals surface area contributed by atoms with E-state index in [1.165, 1.54) is 17.0 Å². The number of rotatable bonds is 7. The summed E-state index contributed by atoms with van der Waals surface area (Å²) in [4.78, 5) is 30.8. The molecule has 2 heterocycles. The van der Waals surface area contributed by atoms with E-state index in [0.29, 0.717) is 18.5 Å². The number of halogens is 1. The Balaban J connectivity index is 1.24. The van der Waals surface area contributed by atoms with Crippen LogP contribution in [0.2, 0.25) is 0 Å². The third-order valence-electron chi connectivity index (χ3n) is 8.09. The highest BCUT2D eigenvalue weighted by Crippen LogP contribution is 2.37. The average molecular weight is 525 g/mol. The van der Waals surface area contributed by atoms with E-state index < -0.39 is 5.54 Å². The summed E-state index contributed by atoms with van der Waals surface area (Å²) in [7, 11) is 0. The van der Waals surface area contributed by atoms with Crippen LogP contribution in [0.1, 0.15) is 58.6 Å². The number of nitriles is 1. The first kappa shape index (κ1) is 26.6. The normalized spacial score (nSPS) is 17.7. The predicted molar refractivity (Wildman–Crippen MR) is 148 cm³/mol. The van der Waals surface area contributed by atoms with Crippen LogP contribution in [0.15, 0.2) is 66.7 Å². The van der Waals surface area contributed by atoms with Crippen LogP contribution in [0.3, 0.4) is 0 Å². The molecule has 2 fully saturated rings. The number of carbonyl (C=O) groups is 2. The molecular weight excluding hydrogens is 491 g/mol. The molecular formula is C32H33FN4O2. The molecule has 0 bridgehead atoms. The number of carbonyl (C=O) groups excluding carboxylic acids is 2. The lowest BCUT2D eigenvalue weighted by Crippen LogP contribution is -2.45. The van der Waals surface area contributed by atoms with E-state index in [2.05, 4.69) is 16.3 Å². The van der Waals surface area contributed by atoms with E-state index in [1.54, 1.807) is 6.07 Å². The second kappa shape index (κ2) is 11.0. The molecule has 0 spiro atoms. The van der Waals surface area contributed by atoms with Gasteiger partial charge in [-0.3, -0.25) is 9.69 Å². The van der Waals surface area contributed by atoms with Crippen LogP contribution in [0.25, 0.3) is 0 Å². The number of likely N-dealkylation sites (tertiary alicyclic amines) is 1. The van der Waals surface area contributed by atoms with Gasteiger partial charge in [-0.2, -0.15) is 5.26 Å². The van der Waals surface area contributed by atoms with Crippen LogP contribution < -0.4 is 5.32 Å². The van der Waals surface area contributed by atoms with Gasteiger partial charge >= 0.3 is 6.03 Å². The highest BCUT2D eigenvalue weighted by atomic mass is 19.1. The highest BCUT2D eigenvalue weighted by molar-refractivity contribution is 6.09. The van der Waals surface area contributed by atoms with Crippen molar-refractivity contribution in [1.29, 1.82) is 5.26 Å². The molecule has 3 amide bonds. The van der Waals surface area contributed by atoms with Crippen LogP contribution >= 0.6 is 0 Å². The maximum absolute atomic E-state index is 14.0. The Hall–Kier alpha value is -4.02. The molecule has 7 heteroatoms. The lowest BCUT2D eigenvalue weighted by Gasteiger charge is -2.32. The van der Waals surface area contributed by atoms with Crippen molar-refractivity contribution in [2.45, 2.75) is 44.6 Å². The van der Waals surface area contributed by atoms with E-state index >= 15 is 0 Å². The molecule has 3 aromatic rings. The zero-order chi connectivity index (χ0) is 27.6. The van der Waals surface area contributed by atoms with E-state index in [-0.39, 0.29) is 23.7 Å². The van der Waals surface area contributed by atoms with Crippen molar-refractivity contribution < 1.29 is 14.0 Å². The minimum Gasteiger partial charge on any atom is -0.315 e. The van der Waals surface area contributed by atoms with Crippen LogP contribution in [0.5, 0.6) is 0 Å². The van der Waals surface area contributed by atoms with Gasteiger partial charge in [0, 0.05) is 6.54 Å². The lowest BCUT2D eigenvalue weighted by molar-refractivity contribution is -0.130. The summed E-state index contributed by atoms with van der Waals surface area (Å²) in [5.74, 6) is -0.409. The van der Waals surface area contributed by atoms with Crippen LogP contribution in [0.4, 0.5) is 9.18 Å². The first-order valence-electron chi connectivity index (χ1n) is 13.5. The number of urea groups is 1. The minimum atomic E-state index is -1.25. The highest BCUT2D eigenvalue weighted by Gasteiger charge is 2.53. The fourth-order valence-corrected chi connectivity index (χ4v) is 5.85. The monoisotopic (exact) mass is 524 g/mol. The fourth-order valence-electron chi connectivity index (χ4n) is 5.85. The quantitative estimate of drug-likeness (QED) is 0.421. The van der Waals surface area contributed by atoms with Crippen LogP contribution in [-0.2, 0) is 10.3 Å². The molecule has 200 valence electrons. The molecule has 39 heavy (non-hydrogen) atoms. The average Bonchev–Trinajstić information content (AvgIpc) is 3.20. The standard InChI is InChI=1S/C32H33FN4O2/c1-22-4-8-26(9-5-22)32(27-10-6-23(2)7-11-27)30(38)37(31(39)35-32)17-3-16-36-18-14-24(15-19-36)29-13-12-28(33)20-25(29)21-34/h4-13,20,24H,3,14-19H2,1-2H3,(H,35,39). The van der Waals surface area contributed by atoms with Crippen LogP contribution in [-0.4, -0.2) is 47.9 Å². The maximum Gasteiger partial charge on any atom is 0.325 e. The first-order valence-corrected chi connectivity index (χ1v) is 13.5. The van der Waals surface area contributed by atoms with Gasteiger partial charge in [0.1, 0.15) is 5.82 Å². The number of benzene rings is 3. The molecule has 2 aliphatic heterocycles. The van der Waals surface area contributed by atoms with Gasteiger partial charge in [0.15, 0.2) is 5.54 Å². The number of nitrogens with one attached hydrogen (secondary N) is 1. The largest absolute Gasteiger partial charge is 0.325 e. The third kappa shape index (κ3) is 5.17. The van der Waals surface area contributed by atoms with Crippen molar-refractivity contribution in [2.75, 3.05) is 26.2 Å². The summed E-state index contributed by atoms with van der Waals surface area (Å²) >= 11 is 0. The minimum absolute atomic E-state index is 0.229. The SMILES string of the molecule is Cc1ccc(C2(c3ccc(C)cc3)NC(=O)N(CCCN3CCC(c4ccc(F)cc4C#N)CC3)C2=O)cc1.